The minimum atomic E-state index is 0.571. The Kier molecular flexibility index (Phi) is 0.828. The van der Waals surface area contributed by atoms with Gasteiger partial charge in [0.05, 0.1) is 5.56 Å². The van der Waals surface area contributed by atoms with E-state index in [9.17, 15) is 0 Å². The van der Waals surface area contributed by atoms with Gasteiger partial charge in [-0.2, -0.15) is 4.57 Å². The van der Waals surface area contributed by atoms with Crippen LogP contribution in [0.15, 0.2) is 36.5 Å². The lowest BCUT2D eigenvalue weighted by molar-refractivity contribution is -0.672. The van der Waals surface area contributed by atoms with E-state index in [0.717, 1.165) is 6.54 Å². The molecule has 80 valence electrons. The van der Waals surface area contributed by atoms with Crippen LogP contribution in [0.25, 0.3) is 11.3 Å². The molecule has 1 aromatic heterocycles. The maximum atomic E-state index is 2.46. The van der Waals surface area contributed by atoms with E-state index in [1.54, 1.807) is 22.4 Å². The Bertz CT molecular complexity index is 674. The van der Waals surface area contributed by atoms with Crippen LogP contribution in [0, 0.1) is 0 Å². The Labute approximate surface area is 99.7 Å². The summed E-state index contributed by atoms with van der Waals surface area (Å²) in [7, 11) is 0. The summed E-state index contributed by atoms with van der Waals surface area (Å²) in [4.78, 5) is 0. The number of hydrogen-bond donors (Lipinski definition) is 0. The standard InChI is InChI=1S/C16H12N/c1-3-10-7-17-6-2-5-12-14(17)13(10)11(4-1)15-8-16(12,15)9-15/h1-6H,7-9H2/q+1. The van der Waals surface area contributed by atoms with E-state index in [1.165, 1.54) is 18.4 Å². The summed E-state index contributed by atoms with van der Waals surface area (Å²) < 4.78 is 2.46. The van der Waals surface area contributed by atoms with Gasteiger partial charge < -0.3 is 0 Å². The average molecular weight is 218 g/mol. The van der Waals surface area contributed by atoms with Crippen LogP contribution in [0.4, 0.5) is 0 Å². The van der Waals surface area contributed by atoms with E-state index in [1.807, 2.05) is 0 Å². The van der Waals surface area contributed by atoms with Crippen molar-refractivity contribution in [3.8, 4) is 11.3 Å². The topological polar surface area (TPSA) is 3.88 Å². The van der Waals surface area contributed by atoms with Crippen LogP contribution in [-0.4, -0.2) is 0 Å². The van der Waals surface area contributed by atoms with E-state index < -0.39 is 0 Å². The van der Waals surface area contributed by atoms with Gasteiger partial charge in [-0.25, -0.2) is 0 Å². The molecule has 0 radical (unpaired) electrons. The lowest BCUT2D eigenvalue weighted by atomic mass is 9.88. The average Bonchev–Trinajstić information content (AvgIpc) is 3.12. The first-order valence-corrected chi connectivity index (χ1v) is 6.52. The molecule has 6 rings (SSSR count). The predicted molar refractivity (Wildman–Crippen MR) is 63.8 cm³/mol. The van der Waals surface area contributed by atoms with Crippen LogP contribution >= 0.6 is 0 Å². The SMILES string of the molecule is c1cc2c3c(c1)C14CC1(C4)c1ccc[n+](c1-3)C2. The van der Waals surface area contributed by atoms with Gasteiger partial charge in [-0.3, -0.25) is 0 Å². The Morgan fingerprint density at radius 3 is 2.71 bits per heavy atom. The lowest BCUT2D eigenvalue weighted by Crippen LogP contribution is -2.33. The molecule has 17 heavy (non-hydrogen) atoms. The van der Waals surface area contributed by atoms with Crippen molar-refractivity contribution in [2.24, 2.45) is 0 Å². The minimum Gasteiger partial charge on any atom is -0.194 e. The second kappa shape index (κ2) is 1.84. The zero-order chi connectivity index (χ0) is 10.8. The molecule has 1 aromatic carbocycles. The van der Waals surface area contributed by atoms with Gasteiger partial charge >= 0.3 is 0 Å². The summed E-state index contributed by atoms with van der Waals surface area (Å²) in [6.45, 7) is 1.08. The van der Waals surface area contributed by atoms with Crippen LogP contribution < -0.4 is 4.57 Å². The third-order valence-electron chi connectivity index (χ3n) is 5.70. The second-order valence-corrected chi connectivity index (χ2v) is 6.26. The first kappa shape index (κ1) is 7.65. The first-order chi connectivity index (χ1) is 8.36. The third kappa shape index (κ3) is 0.548. The Morgan fingerprint density at radius 2 is 1.76 bits per heavy atom. The highest BCUT2D eigenvalue weighted by Crippen LogP contribution is 2.88. The molecule has 0 N–H and O–H groups in total. The number of hydrogen-bond acceptors (Lipinski definition) is 0. The molecule has 0 unspecified atom stereocenters. The molecule has 2 fully saturated rings. The molecule has 0 atom stereocenters. The fraction of sp³-hybridized carbons (Fsp3) is 0.312. The van der Waals surface area contributed by atoms with Gasteiger partial charge in [0.25, 0.3) is 0 Å². The van der Waals surface area contributed by atoms with Gasteiger partial charge in [0, 0.05) is 28.0 Å². The molecule has 1 heteroatoms. The van der Waals surface area contributed by atoms with E-state index in [4.69, 9.17) is 0 Å². The predicted octanol–water partition coefficient (Wildman–Crippen LogP) is 2.30. The highest BCUT2D eigenvalue weighted by atomic mass is 15.0. The fourth-order valence-corrected chi connectivity index (χ4v) is 4.73. The normalized spacial score (nSPS) is 36.0. The van der Waals surface area contributed by atoms with Gasteiger partial charge in [0.15, 0.2) is 12.7 Å². The molecule has 3 aliphatic carbocycles. The van der Waals surface area contributed by atoms with Crippen LogP contribution in [0.1, 0.15) is 29.5 Å². The molecule has 2 aromatic rings. The van der Waals surface area contributed by atoms with E-state index in [2.05, 4.69) is 41.1 Å². The largest absolute Gasteiger partial charge is 0.217 e. The molecule has 0 spiro atoms. The van der Waals surface area contributed by atoms with Crippen LogP contribution in [0.3, 0.4) is 0 Å². The third-order valence-corrected chi connectivity index (χ3v) is 5.70. The van der Waals surface area contributed by atoms with Crippen molar-refractivity contribution < 1.29 is 4.57 Å². The van der Waals surface area contributed by atoms with Crippen molar-refractivity contribution in [3.63, 3.8) is 0 Å². The van der Waals surface area contributed by atoms with E-state index >= 15 is 0 Å². The van der Waals surface area contributed by atoms with E-state index in [-0.39, 0.29) is 0 Å². The summed E-state index contributed by atoms with van der Waals surface area (Å²) in [5, 5.41) is 0. The monoisotopic (exact) mass is 218 g/mol. The van der Waals surface area contributed by atoms with Crippen LogP contribution in [-0.2, 0) is 17.4 Å². The quantitative estimate of drug-likeness (QED) is 0.510. The zero-order valence-corrected chi connectivity index (χ0v) is 9.53. The molecule has 0 saturated heterocycles. The van der Waals surface area contributed by atoms with Gasteiger partial charge in [-0.1, -0.05) is 18.2 Å². The van der Waals surface area contributed by atoms with Crippen molar-refractivity contribution >= 4 is 0 Å². The first-order valence-electron chi connectivity index (χ1n) is 6.52. The summed E-state index contributed by atoms with van der Waals surface area (Å²) in [6.07, 6.45) is 5.07. The Morgan fingerprint density at radius 1 is 0.941 bits per heavy atom. The summed E-state index contributed by atoms with van der Waals surface area (Å²) in [6, 6.07) is 11.6. The molecular formula is C16H12N+. The summed E-state index contributed by atoms with van der Waals surface area (Å²) >= 11 is 0. The highest BCUT2D eigenvalue weighted by molar-refractivity contribution is 5.84. The molecule has 1 aliphatic heterocycles. The number of aromatic nitrogens is 1. The Hall–Kier alpha value is -1.63. The molecule has 0 amide bonds. The van der Waals surface area contributed by atoms with E-state index in [0.29, 0.717) is 10.8 Å². The van der Waals surface area contributed by atoms with Crippen molar-refractivity contribution in [1.29, 1.82) is 0 Å². The molecule has 1 nitrogen and oxygen atoms in total. The molecular weight excluding hydrogens is 206 g/mol. The number of rotatable bonds is 0. The smallest absolute Gasteiger partial charge is 0.194 e. The van der Waals surface area contributed by atoms with Gasteiger partial charge in [-0.15, -0.1) is 0 Å². The van der Waals surface area contributed by atoms with Crippen LogP contribution in [0.2, 0.25) is 0 Å². The summed E-state index contributed by atoms with van der Waals surface area (Å²) in [5.41, 5.74) is 9.14. The molecule has 4 aliphatic rings. The number of pyridine rings is 1. The Balaban J connectivity index is 1.92. The molecule has 0 bridgehead atoms. The highest BCUT2D eigenvalue weighted by Gasteiger charge is 2.87. The van der Waals surface area contributed by atoms with Crippen molar-refractivity contribution in [1.82, 2.24) is 0 Å². The number of benzene rings is 1. The fourth-order valence-electron chi connectivity index (χ4n) is 4.73. The lowest BCUT2D eigenvalue weighted by Gasteiger charge is -2.12. The van der Waals surface area contributed by atoms with Gasteiger partial charge in [-0.05, 0) is 24.5 Å². The second-order valence-electron chi connectivity index (χ2n) is 6.26. The molecule has 2 saturated carbocycles. The maximum Gasteiger partial charge on any atom is 0.217 e. The minimum absolute atomic E-state index is 0.571. The van der Waals surface area contributed by atoms with Crippen molar-refractivity contribution in [3.05, 3.63) is 53.2 Å². The summed E-state index contributed by atoms with van der Waals surface area (Å²) in [5.74, 6) is 0. The van der Waals surface area contributed by atoms with Gasteiger partial charge in [0.2, 0.25) is 5.69 Å². The maximum absolute atomic E-state index is 2.46. The van der Waals surface area contributed by atoms with Gasteiger partial charge in [0.1, 0.15) is 0 Å². The van der Waals surface area contributed by atoms with Crippen molar-refractivity contribution in [2.45, 2.75) is 30.2 Å². The van der Waals surface area contributed by atoms with Crippen LogP contribution in [0.5, 0.6) is 0 Å². The zero-order valence-electron chi connectivity index (χ0n) is 9.53. The number of nitrogens with zero attached hydrogens (tertiary/aromatic N) is 1. The van der Waals surface area contributed by atoms with Crippen molar-refractivity contribution in [2.75, 3.05) is 0 Å². The molecule has 2 heterocycles.